The number of benzene rings is 2. The van der Waals surface area contributed by atoms with Crippen LogP contribution in [0.15, 0.2) is 54.6 Å². The van der Waals surface area contributed by atoms with Crippen LogP contribution in [0.5, 0.6) is 0 Å². The Labute approximate surface area is 107 Å². The van der Waals surface area contributed by atoms with Gasteiger partial charge in [0.15, 0.2) is 5.78 Å². The van der Waals surface area contributed by atoms with Crippen molar-refractivity contribution in [1.82, 2.24) is 0 Å². The van der Waals surface area contributed by atoms with Gasteiger partial charge in [0.2, 0.25) is 0 Å². The van der Waals surface area contributed by atoms with Crippen LogP contribution in [0.1, 0.15) is 34.8 Å². The molecule has 2 rings (SSSR count). The number of ketones is 1. The third-order valence-electron chi connectivity index (χ3n) is 2.61. The predicted molar refractivity (Wildman–Crippen MR) is 73.5 cm³/mol. The summed E-state index contributed by atoms with van der Waals surface area (Å²) in [6, 6.07) is 16.8. The average molecular weight is 234 g/mol. The molecule has 0 aliphatic carbocycles. The highest BCUT2D eigenvalue weighted by atomic mass is 16.1. The molecule has 1 nitrogen and oxygen atoms in total. The average Bonchev–Trinajstić information content (AvgIpc) is 2.45. The maximum Gasteiger partial charge on any atom is 0.194 e. The molecule has 0 unspecified atom stereocenters. The first kappa shape index (κ1) is 12.1. The SMILES string of the molecule is CCC#Cc1ccccc1C(=O)c1ccccc1. The van der Waals surface area contributed by atoms with Crippen molar-refractivity contribution in [2.45, 2.75) is 13.3 Å². The van der Waals surface area contributed by atoms with Crippen LogP contribution in [-0.4, -0.2) is 5.78 Å². The standard InChI is InChI=1S/C17H14O/c1-2-3-9-14-10-7-8-13-16(14)17(18)15-11-5-4-6-12-15/h4-8,10-13H,2H2,1H3. The van der Waals surface area contributed by atoms with Crippen LogP contribution in [0.3, 0.4) is 0 Å². The van der Waals surface area contributed by atoms with E-state index >= 15 is 0 Å². The Hall–Kier alpha value is -2.33. The van der Waals surface area contributed by atoms with Crippen LogP contribution in [0.25, 0.3) is 0 Å². The molecule has 0 spiro atoms. The van der Waals surface area contributed by atoms with Gasteiger partial charge in [0.05, 0.1) is 0 Å². The monoisotopic (exact) mass is 234 g/mol. The minimum Gasteiger partial charge on any atom is -0.289 e. The molecular weight excluding hydrogens is 220 g/mol. The lowest BCUT2D eigenvalue weighted by atomic mass is 9.98. The number of carbonyl (C=O) groups excluding carboxylic acids is 1. The summed E-state index contributed by atoms with van der Waals surface area (Å²) in [5.74, 6) is 6.08. The number of hydrogen-bond acceptors (Lipinski definition) is 1. The molecule has 0 saturated carbocycles. The van der Waals surface area contributed by atoms with Crippen LogP contribution in [0, 0.1) is 11.8 Å². The summed E-state index contributed by atoms with van der Waals surface area (Å²) in [5, 5.41) is 0. The second-order valence-corrected chi connectivity index (χ2v) is 3.90. The first-order chi connectivity index (χ1) is 8.83. The minimum atomic E-state index is 0.0246. The molecule has 0 saturated heterocycles. The van der Waals surface area contributed by atoms with E-state index in [1.54, 1.807) is 0 Å². The van der Waals surface area contributed by atoms with Crippen LogP contribution in [0.4, 0.5) is 0 Å². The van der Waals surface area contributed by atoms with Gasteiger partial charge >= 0.3 is 0 Å². The van der Waals surface area contributed by atoms with E-state index in [1.165, 1.54) is 0 Å². The molecule has 1 heteroatoms. The molecule has 0 amide bonds. The molecule has 2 aromatic rings. The Morgan fingerprint density at radius 2 is 1.67 bits per heavy atom. The van der Waals surface area contributed by atoms with Crippen LogP contribution < -0.4 is 0 Å². The molecule has 18 heavy (non-hydrogen) atoms. The largest absolute Gasteiger partial charge is 0.289 e. The number of rotatable bonds is 2. The van der Waals surface area contributed by atoms with Crippen molar-refractivity contribution in [3.05, 3.63) is 71.3 Å². The maximum atomic E-state index is 12.4. The van der Waals surface area contributed by atoms with Gasteiger partial charge in [-0.3, -0.25) is 4.79 Å². The molecule has 0 aromatic heterocycles. The highest BCUT2D eigenvalue weighted by Crippen LogP contribution is 2.13. The Balaban J connectivity index is 2.42. The molecule has 0 heterocycles. The lowest BCUT2D eigenvalue weighted by molar-refractivity contribution is 0.103. The number of hydrogen-bond donors (Lipinski definition) is 0. The molecule has 0 aliphatic heterocycles. The first-order valence-corrected chi connectivity index (χ1v) is 6.00. The van der Waals surface area contributed by atoms with Gasteiger partial charge in [-0.05, 0) is 12.1 Å². The van der Waals surface area contributed by atoms with E-state index in [2.05, 4.69) is 11.8 Å². The zero-order valence-corrected chi connectivity index (χ0v) is 10.3. The topological polar surface area (TPSA) is 17.1 Å². The van der Waals surface area contributed by atoms with E-state index in [-0.39, 0.29) is 5.78 Å². The molecule has 0 bridgehead atoms. The first-order valence-electron chi connectivity index (χ1n) is 6.00. The normalized spacial score (nSPS) is 9.39. The molecule has 0 aliphatic rings. The summed E-state index contributed by atoms with van der Waals surface area (Å²) in [6.45, 7) is 1.99. The van der Waals surface area contributed by atoms with Crippen molar-refractivity contribution < 1.29 is 4.79 Å². The summed E-state index contributed by atoms with van der Waals surface area (Å²) in [5.41, 5.74) is 2.17. The summed E-state index contributed by atoms with van der Waals surface area (Å²) < 4.78 is 0. The Bertz CT molecular complexity index is 600. The van der Waals surface area contributed by atoms with Crippen LogP contribution in [-0.2, 0) is 0 Å². The summed E-state index contributed by atoms with van der Waals surface area (Å²) in [4.78, 5) is 12.4. The van der Waals surface area contributed by atoms with E-state index < -0.39 is 0 Å². The zero-order chi connectivity index (χ0) is 12.8. The van der Waals surface area contributed by atoms with Crippen molar-refractivity contribution in [3.8, 4) is 11.8 Å². The van der Waals surface area contributed by atoms with Gasteiger partial charge in [0, 0.05) is 23.1 Å². The molecule has 0 atom stereocenters. The molecule has 0 radical (unpaired) electrons. The van der Waals surface area contributed by atoms with Crippen molar-refractivity contribution in [3.63, 3.8) is 0 Å². The molecule has 0 N–H and O–H groups in total. The van der Waals surface area contributed by atoms with E-state index in [0.29, 0.717) is 11.1 Å². The van der Waals surface area contributed by atoms with Crippen molar-refractivity contribution in [2.75, 3.05) is 0 Å². The van der Waals surface area contributed by atoms with Gasteiger partial charge in [-0.1, -0.05) is 61.2 Å². The summed E-state index contributed by atoms with van der Waals surface area (Å²) in [6.07, 6.45) is 0.786. The minimum absolute atomic E-state index is 0.0246. The van der Waals surface area contributed by atoms with Gasteiger partial charge in [0.1, 0.15) is 0 Å². The quantitative estimate of drug-likeness (QED) is 0.572. The Morgan fingerprint density at radius 1 is 1.00 bits per heavy atom. The van der Waals surface area contributed by atoms with E-state index in [1.807, 2.05) is 61.5 Å². The van der Waals surface area contributed by atoms with E-state index in [9.17, 15) is 4.79 Å². The highest BCUT2D eigenvalue weighted by molar-refractivity contribution is 6.10. The van der Waals surface area contributed by atoms with E-state index in [0.717, 1.165) is 12.0 Å². The van der Waals surface area contributed by atoms with Gasteiger partial charge in [-0.15, -0.1) is 0 Å². The van der Waals surface area contributed by atoms with Gasteiger partial charge in [-0.2, -0.15) is 0 Å². The van der Waals surface area contributed by atoms with Gasteiger partial charge in [-0.25, -0.2) is 0 Å². The van der Waals surface area contributed by atoms with Crippen molar-refractivity contribution in [1.29, 1.82) is 0 Å². The highest BCUT2D eigenvalue weighted by Gasteiger charge is 2.11. The fourth-order valence-corrected chi connectivity index (χ4v) is 1.72. The fraction of sp³-hybridized carbons (Fsp3) is 0.118. The third kappa shape index (κ3) is 2.67. The summed E-state index contributed by atoms with van der Waals surface area (Å²) >= 11 is 0. The third-order valence-corrected chi connectivity index (χ3v) is 2.61. The summed E-state index contributed by atoms with van der Waals surface area (Å²) in [7, 11) is 0. The Morgan fingerprint density at radius 3 is 2.39 bits per heavy atom. The van der Waals surface area contributed by atoms with Crippen LogP contribution in [0.2, 0.25) is 0 Å². The zero-order valence-electron chi connectivity index (χ0n) is 10.3. The fourth-order valence-electron chi connectivity index (χ4n) is 1.72. The molecule has 2 aromatic carbocycles. The number of carbonyl (C=O) groups is 1. The van der Waals surface area contributed by atoms with Gasteiger partial charge in [0.25, 0.3) is 0 Å². The molecular formula is C17H14O. The molecule has 0 fully saturated rings. The van der Waals surface area contributed by atoms with Gasteiger partial charge < -0.3 is 0 Å². The lowest BCUT2D eigenvalue weighted by Crippen LogP contribution is -2.03. The van der Waals surface area contributed by atoms with Crippen molar-refractivity contribution >= 4 is 5.78 Å². The van der Waals surface area contributed by atoms with E-state index in [4.69, 9.17) is 0 Å². The second-order valence-electron chi connectivity index (χ2n) is 3.90. The van der Waals surface area contributed by atoms with Crippen molar-refractivity contribution in [2.24, 2.45) is 0 Å². The second kappa shape index (κ2) is 5.84. The smallest absolute Gasteiger partial charge is 0.194 e. The predicted octanol–water partition coefficient (Wildman–Crippen LogP) is 3.68. The Kier molecular flexibility index (Phi) is 3.94. The maximum absolute atomic E-state index is 12.4. The molecule has 88 valence electrons. The lowest BCUT2D eigenvalue weighted by Gasteiger charge is -2.03. The van der Waals surface area contributed by atoms with Crippen LogP contribution >= 0.6 is 0 Å².